The van der Waals surface area contributed by atoms with Gasteiger partial charge >= 0.3 is 0 Å². The Morgan fingerprint density at radius 3 is 2.71 bits per heavy atom. The van der Waals surface area contributed by atoms with Crippen molar-refractivity contribution in [2.24, 2.45) is 0 Å². The fourth-order valence-electron chi connectivity index (χ4n) is 2.66. The minimum Gasteiger partial charge on any atom is -0.354 e. The molecule has 1 unspecified atom stereocenters. The number of amides is 1. The van der Waals surface area contributed by atoms with Gasteiger partial charge in [0, 0.05) is 45.1 Å². The van der Waals surface area contributed by atoms with E-state index < -0.39 is 0 Å². The molecule has 0 bridgehead atoms. The number of nitrogens with one attached hydrogen (secondary N) is 1. The predicted molar refractivity (Wildman–Crippen MR) is 83.1 cm³/mol. The summed E-state index contributed by atoms with van der Waals surface area (Å²) < 4.78 is 1.73. The van der Waals surface area contributed by atoms with Crippen LogP contribution in [0.5, 0.6) is 0 Å². The van der Waals surface area contributed by atoms with Crippen LogP contribution < -0.4 is 5.32 Å². The van der Waals surface area contributed by atoms with Gasteiger partial charge in [-0.1, -0.05) is 6.92 Å². The van der Waals surface area contributed by atoms with Crippen LogP contribution in [0.1, 0.15) is 25.8 Å². The molecule has 1 aromatic heterocycles. The third-order valence-corrected chi connectivity index (χ3v) is 4.08. The fourth-order valence-corrected chi connectivity index (χ4v) is 2.66. The molecule has 6 nitrogen and oxygen atoms in total. The third-order valence-electron chi connectivity index (χ3n) is 4.08. The Labute approximate surface area is 127 Å². The summed E-state index contributed by atoms with van der Waals surface area (Å²) in [6.07, 6.45) is 5.32. The van der Waals surface area contributed by atoms with Crippen LogP contribution in [0.25, 0.3) is 0 Å². The number of likely N-dealkylation sites (N-methyl/N-ethyl adjacent to an activating group) is 1. The van der Waals surface area contributed by atoms with Gasteiger partial charge < -0.3 is 15.1 Å². The van der Waals surface area contributed by atoms with Crippen LogP contribution in [-0.4, -0.2) is 71.8 Å². The molecular formula is C15H27N5O. The number of nitrogens with zero attached hydrogens (tertiary/aromatic N) is 4. The number of hydrogen-bond donors (Lipinski definition) is 1. The molecule has 1 aliphatic rings. The largest absolute Gasteiger partial charge is 0.354 e. The molecule has 0 aliphatic carbocycles. The van der Waals surface area contributed by atoms with Gasteiger partial charge in [0.05, 0.1) is 0 Å². The molecule has 2 heterocycles. The molecule has 1 aromatic rings. The maximum absolute atomic E-state index is 12.2. The fraction of sp³-hybridized carbons (Fsp3) is 0.733. The summed E-state index contributed by atoms with van der Waals surface area (Å²) in [5.74, 6) is 0.0691. The topological polar surface area (TPSA) is 53.4 Å². The van der Waals surface area contributed by atoms with Gasteiger partial charge in [0.25, 0.3) is 0 Å². The van der Waals surface area contributed by atoms with Crippen molar-refractivity contribution in [1.82, 2.24) is 24.9 Å². The summed E-state index contributed by atoms with van der Waals surface area (Å²) in [7, 11) is 2.16. The molecule has 1 saturated heterocycles. The highest BCUT2D eigenvalue weighted by molar-refractivity contribution is 5.80. The molecule has 118 valence electrons. The van der Waals surface area contributed by atoms with Crippen molar-refractivity contribution in [3.8, 4) is 0 Å². The first-order valence-electron chi connectivity index (χ1n) is 7.88. The average Bonchev–Trinajstić information content (AvgIpc) is 3.00. The smallest absolute Gasteiger partial charge is 0.244 e. The van der Waals surface area contributed by atoms with Gasteiger partial charge in [-0.05, 0) is 32.5 Å². The lowest BCUT2D eigenvalue weighted by Gasteiger charge is -2.32. The number of aromatic nitrogens is 2. The van der Waals surface area contributed by atoms with Gasteiger partial charge in [-0.25, -0.2) is 0 Å². The molecule has 0 spiro atoms. The van der Waals surface area contributed by atoms with Gasteiger partial charge in [-0.2, -0.15) is 5.10 Å². The van der Waals surface area contributed by atoms with E-state index in [1.54, 1.807) is 10.9 Å². The molecule has 1 fully saturated rings. The van der Waals surface area contributed by atoms with Crippen LogP contribution in [0.2, 0.25) is 0 Å². The second kappa shape index (κ2) is 8.14. The predicted octanol–water partition coefficient (Wildman–Crippen LogP) is 0.588. The summed E-state index contributed by atoms with van der Waals surface area (Å²) in [5.41, 5.74) is 0. The van der Waals surface area contributed by atoms with E-state index >= 15 is 0 Å². The van der Waals surface area contributed by atoms with Crippen LogP contribution in [0.3, 0.4) is 0 Å². The molecule has 1 amide bonds. The van der Waals surface area contributed by atoms with Crippen molar-refractivity contribution < 1.29 is 4.79 Å². The monoisotopic (exact) mass is 293 g/mol. The first-order chi connectivity index (χ1) is 10.2. The quantitative estimate of drug-likeness (QED) is 0.748. The Morgan fingerprint density at radius 1 is 1.33 bits per heavy atom. The van der Waals surface area contributed by atoms with Crippen molar-refractivity contribution >= 4 is 5.91 Å². The van der Waals surface area contributed by atoms with Gasteiger partial charge in [-0.3, -0.25) is 9.48 Å². The Bertz CT molecular complexity index is 412. The van der Waals surface area contributed by atoms with Crippen molar-refractivity contribution in [3.05, 3.63) is 18.5 Å². The lowest BCUT2D eigenvalue weighted by Crippen LogP contribution is -2.45. The normalized spacial score (nSPS) is 18.6. The van der Waals surface area contributed by atoms with Crippen molar-refractivity contribution in [2.45, 2.75) is 25.8 Å². The average molecular weight is 293 g/mol. The van der Waals surface area contributed by atoms with Gasteiger partial charge in [0.2, 0.25) is 5.91 Å². The van der Waals surface area contributed by atoms with E-state index in [1.807, 2.05) is 19.2 Å². The van der Waals surface area contributed by atoms with E-state index in [4.69, 9.17) is 0 Å². The lowest BCUT2D eigenvalue weighted by atomic mass is 10.2. The van der Waals surface area contributed by atoms with E-state index in [1.165, 1.54) is 0 Å². The first-order valence-corrected chi connectivity index (χ1v) is 7.88. The molecule has 2 rings (SSSR count). The highest BCUT2D eigenvalue weighted by atomic mass is 16.2. The SMILES string of the molecule is CCC(C(=O)NCCCN1CCN(C)CC1)n1cccn1. The molecule has 1 atom stereocenters. The highest BCUT2D eigenvalue weighted by Crippen LogP contribution is 2.09. The second-order valence-electron chi connectivity index (χ2n) is 5.70. The van der Waals surface area contributed by atoms with Crippen LogP contribution in [0, 0.1) is 0 Å². The standard InChI is InChI=1S/C15H27N5O/c1-3-14(20-9-5-7-17-20)15(21)16-6-4-8-19-12-10-18(2)11-13-19/h5,7,9,14H,3-4,6,8,10-13H2,1-2H3,(H,16,21). The number of hydrogen-bond acceptors (Lipinski definition) is 4. The number of carbonyl (C=O) groups is 1. The van der Waals surface area contributed by atoms with Crippen molar-refractivity contribution in [2.75, 3.05) is 46.3 Å². The van der Waals surface area contributed by atoms with Crippen LogP contribution in [0.4, 0.5) is 0 Å². The Kier molecular flexibility index (Phi) is 6.20. The van der Waals surface area contributed by atoms with Crippen LogP contribution >= 0.6 is 0 Å². The number of carbonyl (C=O) groups excluding carboxylic acids is 1. The highest BCUT2D eigenvalue weighted by Gasteiger charge is 2.18. The molecule has 0 saturated carbocycles. The van der Waals surface area contributed by atoms with Gasteiger partial charge in [-0.15, -0.1) is 0 Å². The molecule has 0 aromatic carbocycles. The van der Waals surface area contributed by atoms with E-state index in [2.05, 4.69) is 27.3 Å². The van der Waals surface area contributed by atoms with Crippen LogP contribution in [-0.2, 0) is 4.79 Å². The minimum absolute atomic E-state index is 0.0691. The number of piperazine rings is 1. The summed E-state index contributed by atoms with van der Waals surface area (Å²) in [4.78, 5) is 17.0. The molecule has 1 aliphatic heterocycles. The van der Waals surface area contributed by atoms with Gasteiger partial charge in [0.1, 0.15) is 6.04 Å². The Balaban J connectivity index is 1.65. The third kappa shape index (κ3) is 4.82. The zero-order chi connectivity index (χ0) is 15.1. The maximum atomic E-state index is 12.2. The van der Waals surface area contributed by atoms with E-state index in [0.29, 0.717) is 0 Å². The lowest BCUT2D eigenvalue weighted by molar-refractivity contribution is -0.124. The first kappa shape index (κ1) is 16.0. The second-order valence-corrected chi connectivity index (χ2v) is 5.70. The van der Waals surface area contributed by atoms with Crippen molar-refractivity contribution in [1.29, 1.82) is 0 Å². The Morgan fingerprint density at radius 2 is 2.10 bits per heavy atom. The molecule has 6 heteroatoms. The molecule has 1 N–H and O–H groups in total. The summed E-state index contributed by atoms with van der Waals surface area (Å²) in [6, 6.07) is 1.66. The Hall–Kier alpha value is -1.40. The summed E-state index contributed by atoms with van der Waals surface area (Å²) in [6.45, 7) is 8.36. The van der Waals surface area contributed by atoms with Crippen molar-refractivity contribution in [3.63, 3.8) is 0 Å². The van der Waals surface area contributed by atoms with E-state index in [0.717, 1.165) is 52.1 Å². The molecule has 21 heavy (non-hydrogen) atoms. The molecular weight excluding hydrogens is 266 g/mol. The summed E-state index contributed by atoms with van der Waals surface area (Å²) in [5, 5.41) is 7.19. The maximum Gasteiger partial charge on any atom is 0.244 e. The minimum atomic E-state index is -0.191. The van der Waals surface area contributed by atoms with Crippen LogP contribution in [0.15, 0.2) is 18.5 Å². The van der Waals surface area contributed by atoms with Gasteiger partial charge in [0.15, 0.2) is 0 Å². The zero-order valence-electron chi connectivity index (χ0n) is 13.2. The zero-order valence-corrected chi connectivity index (χ0v) is 13.2. The van der Waals surface area contributed by atoms with E-state index in [9.17, 15) is 4.79 Å². The number of rotatable bonds is 7. The summed E-state index contributed by atoms with van der Waals surface area (Å²) >= 11 is 0. The van der Waals surface area contributed by atoms with E-state index in [-0.39, 0.29) is 11.9 Å². The molecule has 0 radical (unpaired) electrons.